The highest BCUT2D eigenvalue weighted by atomic mass is 16.2. The third kappa shape index (κ3) is 1.23. The number of hydrogen-bond acceptors (Lipinski definition) is 4. The second-order valence-corrected chi connectivity index (χ2v) is 3.22. The van der Waals surface area contributed by atoms with Gasteiger partial charge in [0.25, 0.3) is 5.82 Å². The molecule has 1 aliphatic rings. The van der Waals surface area contributed by atoms with Crippen molar-refractivity contribution in [1.82, 2.24) is 19.7 Å². The lowest BCUT2D eigenvalue weighted by molar-refractivity contribution is -0.129. The molecule has 0 spiro atoms. The van der Waals surface area contributed by atoms with Crippen LogP contribution in [0.25, 0.3) is 0 Å². The van der Waals surface area contributed by atoms with Gasteiger partial charge in [-0.05, 0) is 6.42 Å². The Balaban J connectivity index is 2.24. The van der Waals surface area contributed by atoms with E-state index in [1.54, 1.807) is 11.9 Å². The lowest BCUT2D eigenvalue weighted by atomic mass is 10.3. The van der Waals surface area contributed by atoms with Crippen LogP contribution < -0.4 is 0 Å². The van der Waals surface area contributed by atoms with Crippen molar-refractivity contribution in [2.45, 2.75) is 12.5 Å². The predicted octanol–water partition coefficient (Wildman–Crippen LogP) is -0.447. The Morgan fingerprint density at radius 2 is 2.50 bits per heavy atom. The lowest BCUT2D eigenvalue weighted by Gasteiger charge is -2.09. The van der Waals surface area contributed by atoms with Crippen LogP contribution in [0.4, 0.5) is 0 Å². The Labute approximate surface area is 80.8 Å². The van der Waals surface area contributed by atoms with Crippen molar-refractivity contribution < 1.29 is 4.79 Å². The summed E-state index contributed by atoms with van der Waals surface area (Å²) in [6, 6.07) is 1.55. The van der Waals surface area contributed by atoms with Crippen molar-refractivity contribution in [2.75, 3.05) is 13.6 Å². The molecule has 1 unspecified atom stereocenters. The first-order valence-electron chi connectivity index (χ1n) is 4.28. The molecule has 2 heterocycles. The third-order valence-electron chi connectivity index (χ3n) is 2.33. The Morgan fingerprint density at radius 3 is 3.00 bits per heavy atom. The molecule has 72 valence electrons. The zero-order valence-electron chi connectivity index (χ0n) is 7.71. The fourth-order valence-corrected chi connectivity index (χ4v) is 1.53. The molecule has 0 saturated carbocycles. The SMILES string of the molecule is CN1CCC(n2cnc(C#N)n2)C1=O. The van der Waals surface area contributed by atoms with Crippen molar-refractivity contribution in [3.05, 3.63) is 12.2 Å². The molecule has 2 rings (SSSR count). The number of carbonyl (C=O) groups is 1. The predicted molar refractivity (Wildman–Crippen MR) is 46.0 cm³/mol. The number of amides is 1. The number of rotatable bonds is 1. The highest BCUT2D eigenvalue weighted by Crippen LogP contribution is 2.20. The number of likely N-dealkylation sites (tertiary alicyclic amines) is 1. The maximum absolute atomic E-state index is 11.6. The van der Waals surface area contributed by atoms with Gasteiger partial charge in [-0.1, -0.05) is 0 Å². The molecule has 1 amide bonds. The molecule has 1 saturated heterocycles. The standard InChI is InChI=1S/C8H9N5O/c1-12-3-2-6(8(12)14)13-5-10-7(4-9)11-13/h5-6H,2-3H2,1H3. The molecule has 1 aliphatic heterocycles. The summed E-state index contributed by atoms with van der Waals surface area (Å²) in [4.78, 5) is 17.0. The van der Waals surface area contributed by atoms with Crippen molar-refractivity contribution in [3.8, 4) is 6.07 Å². The monoisotopic (exact) mass is 191 g/mol. The van der Waals surface area contributed by atoms with E-state index in [0.717, 1.165) is 13.0 Å². The zero-order valence-corrected chi connectivity index (χ0v) is 7.71. The Kier molecular flexibility index (Phi) is 1.93. The van der Waals surface area contributed by atoms with Gasteiger partial charge in [-0.25, -0.2) is 9.67 Å². The molecule has 0 bridgehead atoms. The first-order chi connectivity index (χ1) is 6.72. The minimum atomic E-state index is -0.283. The fourth-order valence-electron chi connectivity index (χ4n) is 1.53. The summed E-state index contributed by atoms with van der Waals surface area (Å²) in [5.41, 5.74) is 0. The minimum Gasteiger partial charge on any atom is -0.344 e. The second-order valence-electron chi connectivity index (χ2n) is 3.22. The summed E-state index contributed by atoms with van der Waals surface area (Å²) in [6.45, 7) is 0.727. The molecule has 14 heavy (non-hydrogen) atoms. The summed E-state index contributed by atoms with van der Waals surface area (Å²) in [7, 11) is 1.75. The normalized spacial score (nSPS) is 21.3. The highest BCUT2D eigenvalue weighted by Gasteiger charge is 2.31. The van der Waals surface area contributed by atoms with Crippen molar-refractivity contribution in [2.24, 2.45) is 0 Å². The van der Waals surface area contributed by atoms with Gasteiger partial charge in [0.2, 0.25) is 5.91 Å². The molecule has 0 radical (unpaired) electrons. The molecule has 0 aliphatic carbocycles. The molecule has 1 atom stereocenters. The molecular weight excluding hydrogens is 182 g/mol. The van der Waals surface area contributed by atoms with Crippen LogP contribution >= 0.6 is 0 Å². The summed E-state index contributed by atoms with van der Waals surface area (Å²) in [5.74, 6) is 0.131. The number of nitriles is 1. The van der Waals surface area contributed by atoms with E-state index in [9.17, 15) is 4.79 Å². The van der Waals surface area contributed by atoms with Gasteiger partial charge in [-0.15, -0.1) is 5.10 Å². The van der Waals surface area contributed by atoms with Crippen molar-refractivity contribution in [3.63, 3.8) is 0 Å². The Morgan fingerprint density at radius 1 is 1.71 bits per heavy atom. The van der Waals surface area contributed by atoms with Crippen LogP contribution in [0.1, 0.15) is 18.3 Å². The highest BCUT2D eigenvalue weighted by molar-refractivity contribution is 5.82. The van der Waals surface area contributed by atoms with E-state index < -0.39 is 0 Å². The van der Waals surface area contributed by atoms with Gasteiger partial charge in [-0.2, -0.15) is 5.26 Å². The van der Waals surface area contributed by atoms with Gasteiger partial charge >= 0.3 is 0 Å². The first kappa shape index (κ1) is 8.69. The Bertz CT molecular complexity index is 404. The molecule has 6 heteroatoms. The molecular formula is C8H9N5O. The molecule has 0 aromatic carbocycles. The number of aromatic nitrogens is 3. The first-order valence-corrected chi connectivity index (χ1v) is 4.28. The van der Waals surface area contributed by atoms with E-state index in [1.807, 2.05) is 6.07 Å². The van der Waals surface area contributed by atoms with Crippen LogP contribution in [-0.2, 0) is 4.79 Å². The smallest absolute Gasteiger partial charge is 0.252 e. The van der Waals surface area contributed by atoms with E-state index in [2.05, 4.69) is 10.1 Å². The number of nitrogens with zero attached hydrogens (tertiary/aromatic N) is 5. The fraction of sp³-hybridized carbons (Fsp3) is 0.500. The molecule has 1 aromatic heterocycles. The van der Waals surface area contributed by atoms with Crippen LogP contribution in [-0.4, -0.2) is 39.2 Å². The average molecular weight is 191 g/mol. The summed E-state index contributed by atoms with van der Waals surface area (Å²) < 4.78 is 1.46. The maximum Gasteiger partial charge on any atom is 0.252 e. The van der Waals surface area contributed by atoms with Crippen LogP contribution in [0.3, 0.4) is 0 Å². The zero-order chi connectivity index (χ0) is 10.1. The number of likely N-dealkylation sites (N-methyl/N-ethyl adjacent to an activating group) is 1. The van der Waals surface area contributed by atoms with Crippen LogP contribution in [0.2, 0.25) is 0 Å². The van der Waals surface area contributed by atoms with E-state index in [0.29, 0.717) is 0 Å². The van der Waals surface area contributed by atoms with Gasteiger partial charge in [0.15, 0.2) is 0 Å². The van der Waals surface area contributed by atoms with Gasteiger partial charge in [0.1, 0.15) is 18.4 Å². The lowest BCUT2D eigenvalue weighted by Crippen LogP contribution is -2.24. The van der Waals surface area contributed by atoms with Crippen LogP contribution in [0.15, 0.2) is 6.33 Å². The Hall–Kier alpha value is -1.90. The van der Waals surface area contributed by atoms with Gasteiger partial charge < -0.3 is 4.90 Å². The van der Waals surface area contributed by atoms with E-state index >= 15 is 0 Å². The molecule has 6 nitrogen and oxygen atoms in total. The largest absolute Gasteiger partial charge is 0.344 e. The topological polar surface area (TPSA) is 74.8 Å². The second kappa shape index (κ2) is 3.10. The van der Waals surface area contributed by atoms with Crippen molar-refractivity contribution >= 4 is 5.91 Å². The van der Waals surface area contributed by atoms with Crippen LogP contribution in [0, 0.1) is 11.3 Å². The molecule has 0 N–H and O–H groups in total. The van der Waals surface area contributed by atoms with E-state index in [-0.39, 0.29) is 17.8 Å². The van der Waals surface area contributed by atoms with E-state index in [4.69, 9.17) is 5.26 Å². The summed E-state index contributed by atoms with van der Waals surface area (Å²) >= 11 is 0. The van der Waals surface area contributed by atoms with Gasteiger partial charge in [-0.3, -0.25) is 4.79 Å². The van der Waals surface area contributed by atoms with Crippen molar-refractivity contribution in [1.29, 1.82) is 5.26 Å². The average Bonchev–Trinajstić information content (AvgIpc) is 2.75. The minimum absolute atomic E-state index is 0.0272. The van der Waals surface area contributed by atoms with E-state index in [1.165, 1.54) is 11.0 Å². The number of carbonyl (C=O) groups excluding carboxylic acids is 1. The summed E-state index contributed by atoms with van der Waals surface area (Å²) in [6.07, 6.45) is 2.16. The van der Waals surface area contributed by atoms with Crippen LogP contribution in [0.5, 0.6) is 0 Å². The van der Waals surface area contributed by atoms with Gasteiger partial charge in [0.05, 0.1) is 0 Å². The quantitative estimate of drug-likeness (QED) is 0.602. The maximum atomic E-state index is 11.6. The van der Waals surface area contributed by atoms with Gasteiger partial charge in [0, 0.05) is 13.6 Å². The summed E-state index contributed by atoms with van der Waals surface area (Å²) in [5, 5.41) is 12.4. The molecule has 1 aromatic rings. The third-order valence-corrected chi connectivity index (χ3v) is 2.33. The molecule has 1 fully saturated rings. The number of hydrogen-bond donors (Lipinski definition) is 0.